The number of carbonyl (C=O) groups is 2. The average Bonchev–Trinajstić information content (AvgIpc) is 3.02. The SMILES string of the molecule is Cc1ccc2c(c1)C(=O)CC1(CCN(C(=O)c3ccc4c(c3)nc(C)n4C)CC1)O2. The molecular formula is C24H25N3O3. The molecule has 2 aliphatic rings. The van der Waals surface area contributed by atoms with E-state index in [4.69, 9.17) is 4.74 Å². The number of carbonyl (C=O) groups excluding carboxylic acids is 2. The van der Waals surface area contributed by atoms with Crippen molar-refractivity contribution in [2.24, 2.45) is 7.05 Å². The van der Waals surface area contributed by atoms with Gasteiger partial charge in [0, 0.05) is 38.5 Å². The topological polar surface area (TPSA) is 64.4 Å². The number of ketones is 1. The zero-order valence-electron chi connectivity index (χ0n) is 17.6. The van der Waals surface area contributed by atoms with Crippen LogP contribution in [0.5, 0.6) is 5.75 Å². The van der Waals surface area contributed by atoms with Gasteiger partial charge in [0.2, 0.25) is 0 Å². The number of piperidine rings is 1. The van der Waals surface area contributed by atoms with Crippen molar-refractivity contribution in [3.05, 3.63) is 58.9 Å². The summed E-state index contributed by atoms with van der Waals surface area (Å²) in [6.07, 6.45) is 1.69. The molecule has 0 saturated carbocycles. The molecule has 0 radical (unpaired) electrons. The van der Waals surface area contributed by atoms with Crippen molar-refractivity contribution in [2.75, 3.05) is 13.1 Å². The van der Waals surface area contributed by atoms with Crippen LogP contribution >= 0.6 is 0 Å². The van der Waals surface area contributed by atoms with E-state index >= 15 is 0 Å². The first-order valence-corrected chi connectivity index (χ1v) is 10.4. The largest absolute Gasteiger partial charge is 0.486 e. The Bertz CT molecular complexity index is 1190. The Balaban J connectivity index is 1.33. The number of hydrogen-bond acceptors (Lipinski definition) is 4. The summed E-state index contributed by atoms with van der Waals surface area (Å²) in [5.74, 6) is 1.74. The number of ether oxygens (including phenoxy) is 1. The van der Waals surface area contributed by atoms with Crippen LogP contribution in [0.15, 0.2) is 36.4 Å². The van der Waals surface area contributed by atoms with E-state index in [1.165, 1.54) is 0 Å². The summed E-state index contributed by atoms with van der Waals surface area (Å²) < 4.78 is 8.34. The van der Waals surface area contributed by atoms with Crippen molar-refractivity contribution in [1.29, 1.82) is 0 Å². The first-order valence-electron chi connectivity index (χ1n) is 10.4. The normalized spacial score (nSPS) is 17.8. The van der Waals surface area contributed by atoms with Crippen molar-refractivity contribution in [3.63, 3.8) is 0 Å². The van der Waals surface area contributed by atoms with Crippen LogP contribution in [0.4, 0.5) is 0 Å². The van der Waals surface area contributed by atoms with E-state index in [-0.39, 0.29) is 11.7 Å². The Morgan fingerprint density at radius 3 is 2.63 bits per heavy atom. The Labute approximate surface area is 175 Å². The summed E-state index contributed by atoms with van der Waals surface area (Å²) in [4.78, 5) is 32.2. The van der Waals surface area contributed by atoms with Gasteiger partial charge in [-0.1, -0.05) is 11.6 Å². The monoisotopic (exact) mass is 403 g/mol. The van der Waals surface area contributed by atoms with Crippen LogP contribution in [0.3, 0.4) is 0 Å². The van der Waals surface area contributed by atoms with Gasteiger partial charge in [-0.15, -0.1) is 0 Å². The Hall–Kier alpha value is -3.15. The maximum atomic E-state index is 13.1. The Morgan fingerprint density at radius 1 is 1.10 bits per heavy atom. The smallest absolute Gasteiger partial charge is 0.253 e. The summed E-state index contributed by atoms with van der Waals surface area (Å²) in [7, 11) is 1.97. The van der Waals surface area contributed by atoms with E-state index in [1.54, 1.807) is 0 Å². The van der Waals surface area contributed by atoms with Gasteiger partial charge < -0.3 is 14.2 Å². The van der Waals surface area contributed by atoms with Crippen LogP contribution < -0.4 is 4.74 Å². The zero-order valence-corrected chi connectivity index (χ0v) is 17.6. The van der Waals surface area contributed by atoms with Gasteiger partial charge >= 0.3 is 0 Å². The fourth-order valence-corrected chi connectivity index (χ4v) is 4.64. The Morgan fingerprint density at radius 2 is 1.87 bits per heavy atom. The third-order valence-corrected chi connectivity index (χ3v) is 6.56. The summed E-state index contributed by atoms with van der Waals surface area (Å²) in [6.45, 7) is 5.08. The molecule has 0 aliphatic carbocycles. The molecule has 1 amide bonds. The second-order valence-corrected chi connectivity index (χ2v) is 8.60. The molecular weight excluding hydrogens is 378 g/mol. The highest BCUT2D eigenvalue weighted by molar-refractivity contribution is 6.01. The van der Waals surface area contributed by atoms with Crippen molar-refractivity contribution in [1.82, 2.24) is 14.5 Å². The molecule has 1 fully saturated rings. The average molecular weight is 403 g/mol. The van der Waals surface area contributed by atoms with Gasteiger partial charge in [-0.05, 0) is 44.2 Å². The van der Waals surface area contributed by atoms with E-state index in [9.17, 15) is 9.59 Å². The van der Waals surface area contributed by atoms with Crippen LogP contribution in [0.25, 0.3) is 11.0 Å². The molecule has 6 heteroatoms. The van der Waals surface area contributed by atoms with E-state index in [2.05, 4.69) is 4.98 Å². The van der Waals surface area contributed by atoms with Crippen LogP contribution in [-0.2, 0) is 7.05 Å². The summed E-state index contributed by atoms with van der Waals surface area (Å²) in [6, 6.07) is 11.5. The molecule has 5 rings (SSSR count). The van der Waals surface area contributed by atoms with Crippen molar-refractivity contribution in [3.8, 4) is 5.75 Å². The molecule has 1 saturated heterocycles. The Kier molecular flexibility index (Phi) is 4.20. The van der Waals surface area contributed by atoms with Crippen molar-refractivity contribution in [2.45, 2.75) is 38.7 Å². The number of aromatic nitrogens is 2. The molecule has 1 spiro atoms. The number of fused-ring (bicyclic) bond motifs is 2. The quantitative estimate of drug-likeness (QED) is 0.619. The molecule has 3 aromatic rings. The fraction of sp³-hybridized carbons (Fsp3) is 0.375. The van der Waals surface area contributed by atoms with Gasteiger partial charge in [0.25, 0.3) is 5.91 Å². The molecule has 6 nitrogen and oxygen atoms in total. The van der Waals surface area contributed by atoms with Crippen LogP contribution in [-0.4, -0.2) is 44.8 Å². The lowest BCUT2D eigenvalue weighted by Crippen LogP contribution is -2.52. The molecule has 2 aliphatic heterocycles. The van der Waals surface area contributed by atoms with E-state index < -0.39 is 5.60 Å². The molecule has 0 unspecified atom stereocenters. The zero-order chi connectivity index (χ0) is 21.0. The number of amides is 1. The van der Waals surface area contributed by atoms with Gasteiger partial charge in [-0.2, -0.15) is 0 Å². The highest BCUT2D eigenvalue weighted by Gasteiger charge is 2.43. The number of likely N-dealkylation sites (tertiary alicyclic amines) is 1. The number of hydrogen-bond donors (Lipinski definition) is 0. The fourth-order valence-electron chi connectivity index (χ4n) is 4.64. The molecule has 30 heavy (non-hydrogen) atoms. The number of benzene rings is 2. The molecule has 1 aromatic heterocycles. The highest BCUT2D eigenvalue weighted by atomic mass is 16.5. The lowest BCUT2D eigenvalue weighted by atomic mass is 9.82. The molecule has 2 aromatic carbocycles. The van der Waals surface area contributed by atoms with Crippen LogP contribution in [0, 0.1) is 13.8 Å². The second-order valence-electron chi connectivity index (χ2n) is 8.60. The van der Waals surface area contributed by atoms with Gasteiger partial charge in [-0.25, -0.2) is 4.98 Å². The third kappa shape index (κ3) is 2.98. The van der Waals surface area contributed by atoms with E-state index in [0.717, 1.165) is 22.4 Å². The second kappa shape index (κ2) is 6.69. The number of Topliss-reactive ketones (excluding diaryl/α,β-unsaturated/α-hetero) is 1. The van der Waals surface area contributed by atoms with E-state index in [1.807, 2.05) is 66.8 Å². The predicted octanol–water partition coefficient (Wildman–Crippen LogP) is 3.83. The molecule has 3 heterocycles. The van der Waals surface area contributed by atoms with Crippen molar-refractivity contribution >= 4 is 22.7 Å². The minimum atomic E-state index is -0.502. The lowest BCUT2D eigenvalue weighted by molar-refractivity contribution is -0.00572. The number of imidazole rings is 1. The van der Waals surface area contributed by atoms with Gasteiger partial charge in [0.05, 0.1) is 23.0 Å². The molecule has 0 bridgehead atoms. The van der Waals surface area contributed by atoms with Crippen LogP contribution in [0.2, 0.25) is 0 Å². The molecule has 0 N–H and O–H groups in total. The highest BCUT2D eigenvalue weighted by Crippen LogP contribution is 2.39. The van der Waals surface area contributed by atoms with Gasteiger partial charge in [0.15, 0.2) is 5.78 Å². The summed E-state index contributed by atoms with van der Waals surface area (Å²) in [5, 5.41) is 0. The maximum absolute atomic E-state index is 13.1. The van der Waals surface area contributed by atoms with Crippen molar-refractivity contribution < 1.29 is 14.3 Å². The predicted molar refractivity (Wildman–Crippen MR) is 114 cm³/mol. The summed E-state index contributed by atoms with van der Waals surface area (Å²) >= 11 is 0. The van der Waals surface area contributed by atoms with Gasteiger partial charge in [-0.3, -0.25) is 9.59 Å². The number of aryl methyl sites for hydroxylation is 3. The molecule has 0 atom stereocenters. The molecule has 154 valence electrons. The summed E-state index contributed by atoms with van der Waals surface area (Å²) in [5.41, 5.74) is 3.74. The van der Waals surface area contributed by atoms with Crippen LogP contribution in [0.1, 0.15) is 51.4 Å². The third-order valence-electron chi connectivity index (χ3n) is 6.56. The van der Waals surface area contributed by atoms with E-state index in [0.29, 0.717) is 49.2 Å². The maximum Gasteiger partial charge on any atom is 0.253 e. The first-order chi connectivity index (χ1) is 14.3. The number of nitrogens with zero attached hydrogens (tertiary/aromatic N) is 3. The minimum Gasteiger partial charge on any atom is -0.486 e. The lowest BCUT2D eigenvalue weighted by Gasteiger charge is -2.44. The first kappa shape index (κ1) is 18.9. The van der Waals surface area contributed by atoms with Gasteiger partial charge in [0.1, 0.15) is 17.2 Å². The standard InChI is InChI=1S/C24H25N3O3/c1-15-4-7-22-18(12-15)21(28)14-24(30-22)8-10-27(11-9-24)23(29)17-5-6-20-19(13-17)25-16(2)26(20)3/h4-7,12-13H,8-11,14H2,1-3H3. The minimum absolute atomic E-state index is 0.00761. The number of rotatable bonds is 1.